The summed E-state index contributed by atoms with van der Waals surface area (Å²) in [6.07, 6.45) is 87.9. The van der Waals surface area contributed by atoms with Gasteiger partial charge in [0.15, 0.2) is 23.1 Å². The molecule has 0 bridgehead atoms. The predicted molar refractivity (Wildman–Crippen MR) is 571 cm³/mol. The number of aliphatic hydroxyl groups excluding tert-OH is 1. The van der Waals surface area contributed by atoms with E-state index in [4.69, 9.17) is 10.2 Å². The van der Waals surface area contributed by atoms with Crippen molar-refractivity contribution in [3.8, 4) is 17.2 Å². The first-order valence-corrected chi connectivity index (χ1v) is 57.8. The molecular formula is C129H195F4O4Y7-3. The molecular weight excluding hydrogens is 2310 g/mol. The minimum absolute atomic E-state index is 0. The summed E-state index contributed by atoms with van der Waals surface area (Å²) < 4.78 is 53.6. The Balaban J connectivity index is 0.000000336. The van der Waals surface area contributed by atoms with Gasteiger partial charge in [-0.1, -0.05) is 220 Å². The third-order valence-electron chi connectivity index (χ3n) is 38.1. The molecule has 4 nitrogen and oxygen atoms in total. The zero-order chi connectivity index (χ0) is 97.4. The summed E-state index contributed by atoms with van der Waals surface area (Å²) in [6, 6.07) is 36.6. The molecule has 0 unspecified atom stereocenters. The molecule has 14 aliphatic rings. The van der Waals surface area contributed by atoms with Gasteiger partial charge in [-0.15, -0.1) is 13.2 Å². The Kier molecular flexibility index (Phi) is 73.8. The quantitative estimate of drug-likeness (QED) is 0.0538. The standard InChI is InChI=1S/C20H27.C16H28.C15H26.2C13H16F2O.C13H24O.C13H18O.C13H23.C13H17.7Y/c1-2-16-8-10-18(11-9-16)20-14-12-19(13-15-20)17-6-4-3-5-7-17;1-3-4-14-7-11-16(12-8-14)15-9-5-13(2)6-10-15;1-3-13-6-10-15(11-7-13)14-8-4-12(2)5-9-14;2*1-8-2-4-9(5-3-8)10-6-7-11(16)13(15)12(10)14;2*1-10-2-4-11(5-3-10)12-6-8-13(14)9-7-12;2*1-11-7-9-13(10-8-11)12-5-3-2-4-6-12;;;;;;;/h2,4-7,16,18-20H,1,8-15H2;3-4,13-16H,5-12H2,1-2H3;3,12-15H,1,4-11H2,2H3;2*6-9,16H,2-5H2,1H3;10-14H,2-9H2,1H3;6-11,14H,2-5H2,1H3;2,11-13H,3-10H2,1H3;3-6,11,13H,7-10H2,1H3;;;;;;;/q-1;;;;;;;2*-1;;;;;;;/b;4-3+;;;;;;;;;;;;;;. The van der Waals surface area contributed by atoms with Crippen molar-refractivity contribution >= 4 is 0 Å². The van der Waals surface area contributed by atoms with E-state index < -0.39 is 34.8 Å². The average molecular weight is 2510 g/mol. The molecule has 14 saturated carbocycles. The Bertz CT molecular complexity index is 3990. The van der Waals surface area contributed by atoms with Gasteiger partial charge in [-0.3, -0.25) is 0 Å². The van der Waals surface area contributed by atoms with Gasteiger partial charge in [0, 0.05) is 229 Å². The molecule has 14 fully saturated rings. The van der Waals surface area contributed by atoms with Crippen molar-refractivity contribution in [3.63, 3.8) is 0 Å². The number of hydrogen-bond acceptors (Lipinski definition) is 4. The van der Waals surface area contributed by atoms with Crippen LogP contribution in [-0.4, -0.2) is 26.5 Å². The molecule has 0 heterocycles. The summed E-state index contributed by atoms with van der Waals surface area (Å²) in [5.74, 6) is 18.0. The molecule has 7 radical (unpaired) electrons. The van der Waals surface area contributed by atoms with Crippen LogP contribution in [0.15, 0.2) is 135 Å². The van der Waals surface area contributed by atoms with Crippen molar-refractivity contribution in [2.45, 2.75) is 458 Å². The van der Waals surface area contributed by atoms with Gasteiger partial charge in [0.2, 0.25) is 11.6 Å². The van der Waals surface area contributed by atoms with E-state index in [1.807, 2.05) is 12.1 Å². The number of benzene rings is 5. The SMILES string of the molecule is C/C=C/C1CCC(C2CCC(C)CC2)CC1.C=CC1CCC(C2CCC(C)CC2)CC1.C=CC1CCC(C2CCC(c3cc[c-]cc3)CC2)CC1.CC1CCC(C2CCC(O)CC2)CC1.CC1CCC(C2CC[CH-]CC2)CC1.CC1CCC(c2cc[c-]cc2)CC1.CC1CCC(c2ccc(O)c(F)c2F)CC1.CC1CCC(c2ccc(O)c(F)c2F)CC1.CC1CCC(c2ccc(O)cc2)CC1.[Y].[Y].[Y].[Y].[Y].[Y].[Y]. The average Bonchev–Trinajstić information content (AvgIpc) is 0.815. The van der Waals surface area contributed by atoms with Crippen molar-refractivity contribution in [3.05, 3.63) is 204 Å². The summed E-state index contributed by atoms with van der Waals surface area (Å²) in [7, 11) is 0. The van der Waals surface area contributed by atoms with Gasteiger partial charge in [-0.25, -0.2) is 8.78 Å². The molecule has 0 aliphatic heterocycles. The fraction of sp³-hybridized carbons (Fsp3) is 0.713. The minimum atomic E-state index is -1.11. The Hall–Kier alpha value is 2.13. The van der Waals surface area contributed by atoms with Crippen molar-refractivity contribution in [1.82, 2.24) is 0 Å². The molecule has 5 aromatic rings. The first-order chi connectivity index (χ1) is 66.4. The van der Waals surface area contributed by atoms with Crippen LogP contribution >= 0.6 is 0 Å². The number of hydrogen-bond donors (Lipinski definition) is 4. The van der Waals surface area contributed by atoms with Crippen LogP contribution in [0.3, 0.4) is 0 Å². The van der Waals surface area contributed by atoms with Crippen LogP contribution in [0.5, 0.6) is 17.2 Å². The normalized spacial score (nSPS) is 32.6. The fourth-order valence-corrected chi connectivity index (χ4v) is 27.9. The van der Waals surface area contributed by atoms with Crippen molar-refractivity contribution in [1.29, 1.82) is 0 Å². The second-order valence-electron chi connectivity index (χ2n) is 48.2. The minimum Gasteiger partial charge on any atom is -0.508 e. The van der Waals surface area contributed by atoms with Gasteiger partial charge in [0.1, 0.15) is 5.75 Å². The molecule has 0 aromatic heterocycles. The number of allylic oxidation sites excluding steroid dienone is 4. The van der Waals surface area contributed by atoms with Crippen LogP contribution < -0.4 is 0 Å². The van der Waals surface area contributed by atoms with Crippen LogP contribution in [0.25, 0.3) is 0 Å². The smallest absolute Gasteiger partial charge is 0.200 e. The molecule has 0 spiro atoms. The van der Waals surface area contributed by atoms with Gasteiger partial charge < -0.3 is 26.8 Å². The largest absolute Gasteiger partial charge is 0.508 e. The third-order valence-corrected chi connectivity index (χ3v) is 38.1. The molecule has 14 aliphatic carbocycles. The topological polar surface area (TPSA) is 80.9 Å². The van der Waals surface area contributed by atoms with Crippen LogP contribution in [0.1, 0.15) is 479 Å². The Morgan fingerprint density at radius 2 is 0.472 bits per heavy atom. The maximum Gasteiger partial charge on any atom is 0.200 e. The fourth-order valence-electron chi connectivity index (χ4n) is 27.9. The summed E-state index contributed by atoms with van der Waals surface area (Å²) in [4.78, 5) is 0. The molecule has 19 rings (SSSR count). The number of phenols is 3. The number of rotatable bonds is 13. The van der Waals surface area contributed by atoms with Crippen LogP contribution in [-0.2, 0) is 229 Å². The van der Waals surface area contributed by atoms with Gasteiger partial charge in [-0.2, -0.15) is 93.4 Å². The summed E-state index contributed by atoms with van der Waals surface area (Å²) in [5, 5.41) is 36.8. The van der Waals surface area contributed by atoms with Crippen LogP contribution in [0.2, 0.25) is 0 Å². The van der Waals surface area contributed by atoms with Crippen molar-refractivity contribution in [2.24, 2.45) is 124 Å². The van der Waals surface area contributed by atoms with E-state index >= 15 is 0 Å². The monoisotopic (exact) mass is 2510 g/mol. The molecule has 5 aromatic carbocycles. The molecule has 0 amide bonds. The molecule has 0 atom stereocenters. The number of aromatic hydroxyl groups is 3. The summed E-state index contributed by atoms with van der Waals surface area (Å²) in [6.45, 7) is 28.8. The molecule has 4 N–H and O–H groups in total. The number of phenolic OH excluding ortho intramolecular Hbond substituents is 3. The van der Waals surface area contributed by atoms with E-state index in [0.717, 1.165) is 194 Å². The first-order valence-electron chi connectivity index (χ1n) is 57.8. The summed E-state index contributed by atoms with van der Waals surface area (Å²) >= 11 is 0. The Morgan fingerprint density at radius 3 is 0.736 bits per heavy atom. The second kappa shape index (κ2) is 76.8. The van der Waals surface area contributed by atoms with Gasteiger partial charge >= 0.3 is 0 Å². The molecule has 787 valence electrons. The van der Waals surface area contributed by atoms with E-state index in [0.29, 0.717) is 28.7 Å². The molecule has 15 heteroatoms. The first kappa shape index (κ1) is 138. The van der Waals surface area contributed by atoms with E-state index in [-0.39, 0.29) is 247 Å². The van der Waals surface area contributed by atoms with Crippen molar-refractivity contribution < 1.29 is 267 Å². The van der Waals surface area contributed by atoms with E-state index in [9.17, 15) is 27.8 Å². The Labute approximate surface area is 1060 Å². The molecule has 144 heavy (non-hydrogen) atoms. The zero-order valence-electron chi connectivity index (χ0n) is 92.1. The summed E-state index contributed by atoms with van der Waals surface area (Å²) in [5.41, 5.74) is 5.29. The Morgan fingerprint density at radius 1 is 0.257 bits per heavy atom. The third kappa shape index (κ3) is 48.3. The second-order valence-corrected chi connectivity index (χ2v) is 48.2. The van der Waals surface area contributed by atoms with E-state index in [2.05, 4.69) is 167 Å². The van der Waals surface area contributed by atoms with Gasteiger partial charge in [0.25, 0.3) is 0 Å². The van der Waals surface area contributed by atoms with Crippen molar-refractivity contribution in [2.75, 3.05) is 0 Å². The predicted octanol–water partition coefficient (Wildman–Crippen LogP) is 38.7. The van der Waals surface area contributed by atoms with Gasteiger partial charge in [0.05, 0.1) is 6.10 Å². The van der Waals surface area contributed by atoms with Crippen LogP contribution in [0, 0.1) is 166 Å². The number of halogens is 4. The van der Waals surface area contributed by atoms with Gasteiger partial charge in [-0.05, 0) is 433 Å². The number of aliphatic hydroxyl groups is 1. The van der Waals surface area contributed by atoms with E-state index in [1.165, 1.54) is 336 Å². The zero-order valence-corrected chi connectivity index (χ0v) is 112. The maximum absolute atomic E-state index is 13.6. The van der Waals surface area contributed by atoms with E-state index in [1.54, 1.807) is 12.1 Å². The van der Waals surface area contributed by atoms with Crippen LogP contribution in [0.4, 0.5) is 17.6 Å². The maximum atomic E-state index is 13.6. The molecule has 0 saturated heterocycles.